The summed E-state index contributed by atoms with van der Waals surface area (Å²) in [6.07, 6.45) is 2.59. The van der Waals surface area contributed by atoms with Gasteiger partial charge in [0.05, 0.1) is 0 Å². The number of hydrogen-bond donors (Lipinski definition) is 1. The van der Waals surface area contributed by atoms with Crippen LogP contribution in [0, 0.1) is 6.07 Å². The summed E-state index contributed by atoms with van der Waals surface area (Å²) >= 11 is 0. The molecule has 11 heavy (non-hydrogen) atoms. The lowest BCUT2D eigenvalue weighted by Gasteiger charge is -1.87. The van der Waals surface area contributed by atoms with Crippen molar-refractivity contribution in [2.24, 2.45) is 0 Å². The van der Waals surface area contributed by atoms with Crippen LogP contribution in [0.2, 0.25) is 0 Å². The molecule has 0 bridgehead atoms. The van der Waals surface area contributed by atoms with Crippen molar-refractivity contribution in [3.8, 4) is 0 Å². The summed E-state index contributed by atoms with van der Waals surface area (Å²) in [6, 6.07) is 10.1. The topological polar surface area (TPSA) is 37.3 Å². The van der Waals surface area contributed by atoms with Crippen molar-refractivity contribution in [3.63, 3.8) is 0 Å². The van der Waals surface area contributed by atoms with Gasteiger partial charge in [0.2, 0.25) is 0 Å². The Morgan fingerprint density at radius 2 is 2.36 bits per heavy atom. The van der Waals surface area contributed by atoms with Crippen LogP contribution in [0.25, 0.3) is 6.08 Å². The fraction of sp³-hybridized carbons (Fsp3) is 0. The summed E-state index contributed by atoms with van der Waals surface area (Å²) in [4.78, 5) is 10.1. The van der Waals surface area contributed by atoms with Gasteiger partial charge in [-0.1, -0.05) is 24.3 Å². The standard InChI is InChI=1S/C9H7O2/c10-9(11)7-6-8-4-2-1-3-5-8/h1-4,6-7H,(H,10,11). The fourth-order valence-electron chi connectivity index (χ4n) is 0.672. The predicted octanol–water partition coefficient (Wildman–Crippen LogP) is 1.58. The molecular weight excluding hydrogens is 140 g/mol. The molecule has 0 amide bonds. The van der Waals surface area contributed by atoms with Crippen molar-refractivity contribution in [3.05, 3.63) is 42.0 Å². The van der Waals surface area contributed by atoms with E-state index in [1.165, 1.54) is 6.08 Å². The minimum Gasteiger partial charge on any atom is -0.478 e. The number of hydrogen-bond acceptors (Lipinski definition) is 1. The Morgan fingerprint density at radius 1 is 1.55 bits per heavy atom. The normalized spacial score (nSPS) is 10.2. The van der Waals surface area contributed by atoms with Gasteiger partial charge in [0.25, 0.3) is 0 Å². The number of carbonyl (C=O) groups is 1. The lowest BCUT2D eigenvalue weighted by atomic mass is 10.2. The molecule has 1 aromatic rings. The number of rotatable bonds is 2. The quantitative estimate of drug-likeness (QED) is 0.645. The number of aliphatic carboxylic acids is 1. The van der Waals surface area contributed by atoms with Gasteiger partial charge in [-0.3, -0.25) is 0 Å². The van der Waals surface area contributed by atoms with Crippen molar-refractivity contribution >= 4 is 12.0 Å². The molecular formula is C9H7O2. The second-order valence-corrected chi connectivity index (χ2v) is 1.99. The molecule has 0 spiro atoms. The maximum Gasteiger partial charge on any atom is 0.328 e. The summed E-state index contributed by atoms with van der Waals surface area (Å²) in [7, 11) is 0. The SMILES string of the molecule is O=C(O)C=Cc1[c]cccc1. The molecule has 0 heterocycles. The second-order valence-electron chi connectivity index (χ2n) is 1.99. The fourth-order valence-corrected chi connectivity index (χ4v) is 0.672. The van der Waals surface area contributed by atoms with Crippen molar-refractivity contribution in [1.82, 2.24) is 0 Å². The minimum absolute atomic E-state index is 0.773. The zero-order valence-corrected chi connectivity index (χ0v) is 5.82. The summed E-state index contributed by atoms with van der Waals surface area (Å²) in [6.45, 7) is 0. The Hall–Kier alpha value is -1.57. The lowest BCUT2D eigenvalue weighted by Crippen LogP contribution is -1.85. The van der Waals surface area contributed by atoms with E-state index < -0.39 is 5.97 Å². The van der Waals surface area contributed by atoms with Crippen LogP contribution in [-0.2, 0) is 4.79 Å². The zero-order chi connectivity index (χ0) is 8.10. The van der Waals surface area contributed by atoms with E-state index in [1.54, 1.807) is 12.1 Å². The summed E-state index contributed by atoms with van der Waals surface area (Å²) in [5.41, 5.74) is 0.773. The highest BCUT2D eigenvalue weighted by atomic mass is 16.4. The van der Waals surface area contributed by atoms with Crippen LogP contribution in [0.3, 0.4) is 0 Å². The molecule has 0 saturated heterocycles. The smallest absolute Gasteiger partial charge is 0.328 e. The van der Waals surface area contributed by atoms with E-state index >= 15 is 0 Å². The van der Waals surface area contributed by atoms with Crippen LogP contribution in [0.1, 0.15) is 5.56 Å². The molecule has 2 nitrogen and oxygen atoms in total. The van der Waals surface area contributed by atoms with E-state index in [-0.39, 0.29) is 0 Å². The van der Waals surface area contributed by atoms with Crippen LogP contribution in [-0.4, -0.2) is 11.1 Å². The van der Waals surface area contributed by atoms with Crippen LogP contribution >= 0.6 is 0 Å². The highest BCUT2D eigenvalue weighted by molar-refractivity contribution is 5.85. The Bertz CT molecular complexity index is 262. The molecule has 0 saturated carbocycles. The molecule has 0 aliphatic carbocycles. The van der Waals surface area contributed by atoms with Gasteiger partial charge in [-0.05, 0) is 17.7 Å². The number of carboxylic acid groups (broad SMARTS) is 1. The van der Waals surface area contributed by atoms with Gasteiger partial charge in [-0.25, -0.2) is 4.79 Å². The zero-order valence-electron chi connectivity index (χ0n) is 5.82. The molecule has 1 N–H and O–H groups in total. The molecule has 2 heteroatoms. The Morgan fingerprint density at radius 3 is 2.91 bits per heavy atom. The number of carboxylic acids is 1. The third-order valence-corrected chi connectivity index (χ3v) is 1.14. The maximum atomic E-state index is 10.1. The van der Waals surface area contributed by atoms with Gasteiger partial charge in [-0.15, -0.1) is 0 Å². The molecule has 0 atom stereocenters. The molecule has 55 valence electrons. The number of benzene rings is 1. The first-order valence-electron chi connectivity index (χ1n) is 3.17. The molecule has 0 aromatic heterocycles. The van der Waals surface area contributed by atoms with Crippen LogP contribution < -0.4 is 0 Å². The van der Waals surface area contributed by atoms with Crippen molar-refractivity contribution in [1.29, 1.82) is 0 Å². The van der Waals surface area contributed by atoms with E-state index in [0.29, 0.717) is 0 Å². The first-order valence-corrected chi connectivity index (χ1v) is 3.17. The van der Waals surface area contributed by atoms with Crippen LogP contribution in [0.5, 0.6) is 0 Å². The Labute approximate surface area is 64.8 Å². The van der Waals surface area contributed by atoms with Crippen molar-refractivity contribution in [2.75, 3.05) is 0 Å². The third kappa shape index (κ3) is 2.67. The highest BCUT2D eigenvalue weighted by Gasteiger charge is 1.86. The largest absolute Gasteiger partial charge is 0.478 e. The average Bonchev–Trinajstić information content (AvgIpc) is 2.03. The maximum absolute atomic E-state index is 10.1. The molecule has 1 radical (unpaired) electrons. The minimum atomic E-state index is -0.942. The first-order chi connectivity index (χ1) is 5.29. The predicted molar refractivity (Wildman–Crippen MR) is 41.9 cm³/mol. The molecule has 0 fully saturated rings. The summed E-state index contributed by atoms with van der Waals surface area (Å²) < 4.78 is 0. The molecule has 0 aliphatic heterocycles. The van der Waals surface area contributed by atoms with Crippen LogP contribution in [0.15, 0.2) is 30.3 Å². The summed E-state index contributed by atoms with van der Waals surface area (Å²) in [5.74, 6) is -0.942. The lowest BCUT2D eigenvalue weighted by molar-refractivity contribution is -0.131. The van der Waals surface area contributed by atoms with E-state index in [9.17, 15) is 4.79 Å². The van der Waals surface area contributed by atoms with Gasteiger partial charge < -0.3 is 5.11 Å². The Kier molecular flexibility index (Phi) is 2.44. The molecule has 0 unspecified atom stereocenters. The van der Waals surface area contributed by atoms with Crippen LogP contribution in [0.4, 0.5) is 0 Å². The first kappa shape index (κ1) is 7.54. The van der Waals surface area contributed by atoms with Gasteiger partial charge in [-0.2, -0.15) is 0 Å². The van der Waals surface area contributed by atoms with Crippen molar-refractivity contribution in [2.45, 2.75) is 0 Å². The highest BCUT2D eigenvalue weighted by Crippen LogP contribution is 1.98. The van der Waals surface area contributed by atoms with Gasteiger partial charge in [0, 0.05) is 6.08 Å². The Balaban J connectivity index is 2.72. The third-order valence-electron chi connectivity index (χ3n) is 1.14. The van der Waals surface area contributed by atoms with E-state index in [4.69, 9.17) is 5.11 Å². The van der Waals surface area contributed by atoms with E-state index in [0.717, 1.165) is 11.6 Å². The monoisotopic (exact) mass is 147 g/mol. The summed E-state index contributed by atoms with van der Waals surface area (Å²) in [5, 5.41) is 8.27. The second kappa shape index (κ2) is 3.56. The molecule has 0 aliphatic rings. The average molecular weight is 147 g/mol. The molecule has 1 rings (SSSR count). The van der Waals surface area contributed by atoms with E-state index in [1.807, 2.05) is 12.1 Å². The van der Waals surface area contributed by atoms with E-state index in [2.05, 4.69) is 6.07 Å². The van der Waals surface area contributed by atoms with Gasteiger partial charge in [0.15, 0.2) is 0 Å². The van der Waals surface area contributed by atoms with Crippen molar-refractivity contribution < 1.29 is 9.90 Å². The van der Waals surface area contributed by atoms with Gasteiger partial charge >= 0.3 is 5.97 Å². The van der Waals surface area contributed by atoms with Gasteiger partial charge in [0.1, 0.15) is 0 Å². The molecule has 1 aromatic carbocycles.